The molecular weight excluding hydrogens is 352 g/mol. The molecule has 3 heterocycles. The third-order valence-corrected chi connectivity index (χ3v) is 4.93. The molecule has 1 N–H and O–H groups in total. The summed E-state index contributed by atoms with van der Waals surface area (Å²) in [4.78, 5) is 25.6. The predicted octanol–water partition coefficient (Wildman–Crippen LogP) is 2.19. The molecule has 3 aromatic rings. The summed E-state index contributed by atoms with van der Waals surface area (Å²) in [5.74, 6) is -0.176. The van der Waals surface area contributed by atoms with Gasteiger partial charge < -0.3 is 14.8 Å². The Hall–Kier alpha value is -2.42. The molecule has 0 saturated carbocycles. The molecule has 7 nitrogen and oxygen atoms in total. The number of fused-ring (bicyclic) bond motifs is 1. The SMILES string of the molecule is O=C(N[C@@H]1CCOC[C@H]1OCc1cscn1)c1cccc2nccnc12. The Kier molecular flexibility index (Phi) is 5.14. The van der Waals surface area contributed by atoms with Crippen LogP contribution in [-0.4, -0.2) is 46.2 Å². The van der Waals surface area contributed by atoms with Crippen LogP contribution in [0, 0.1) is 0 Å². The lowest BCUT2D eigenvalue weighted by atomic mass is 10.0. The fraction of sp³-hybridized carbons (Fsp3) is 0.333. The molecule has 2 aromatic heterocycles. The zero-order valence-corrected chi connectivity index (χ0v) is 14.8. The van der Waals surface area contributed by atoms with E-state index >= 15 is 0 Å². The summed E-state index contributed by atoms with van der Waals surface area (Å²) in [5, 5.41) is 5.03. The van der Waals surface area contributed by atoms with Gasteiger partial charge in [-0.15, -0.1) is 11.3 Å². The fourth-order valence-electron chi connectivity index (χ4n) is 2.96. The summed E-state index contributed by atoms with van der Waals surface area (Å²) >= 11 is 1.53. The van der Waals surface area contributed by atoms with Crippen molar-refractivity contribution >= 4 is 28.3 Å². The quantitative estimate of drug-likeness (QED) is 0.741. The molecule has 0 unspecified atom stereocenters. The highest BCUT2D eigenvalue weighted by molar-refractivity contribution is 7.07. The van der Waals surface area contributed by atoms with E-state index in [-0.39, 0.29) is 18.1 Å². The van der Waals surface area contributed by atoms with E-state index in [1.807, 2.05) is 17.5 Å². The zero-order chi connectivity index (χ0) is 17.8. The molecule has 1 aromatic carbocycles. The number of nitrogens with zero attached hydrogens (tertiary/aromatic N) is 3. The smallest absolute Gasteiger partial charge is 0.253 e. The highest BCUT2D eigenvalue weighted by Gasteiger charge is 2.29. The van der Waals surface area contributed by atoms with Crippen LogP contribution in [0.2, 0.25) is 0 Å². The topological polar surface area (TPSA) is 86.2 Å². The molecule has 2 atom stereocenters. The minimum atomic E-state index is -0.213. The molecule has 1 aliphatic rings. The lowest BCUT2D eigenvalue weighted by Gasteiger charge is -2.32. The van der Waals surface area contributed by atoms with Crippen LogP contribution in [0.3, 0.4) is 0 Å². The van der Waals surface area contributed by atoms with Gasteiger partial charge in [0, 0.05) is 24.4 Å². The predicted molar refractivity (Wildman–Crippen MR) is 96.9 cm³/mol. The number of aromatic nitrogens is 3. The summed E-state index contributed by atoms with van der Waals surface area (Å²) in [6, 6.07) is 5.29. The maximum Gasteiger partial charge on any atom is 0.253 e. The highest BCUT2D eigenvalue weighted by atomic mass is 32.1. The molecule has 4 rings (SSSR count). The van der Waals surface area contributed by atoms with Crippen LogP contribution >= 0.6 is 11.3 Å². The van der Waals surface area contributed by atoms with Crippen LogP contribution in [0.5, 0.6) is 0 Å². The van der Waals surface area contributed by atoms with Crippen molar-refractivity contribution in [2.24, 2.45) is 0 Å². The van der Waals surface area contributed by atoms with Crippen LogP contribution in [-0.2, 0) is 16.1 Å². The van der Waals surface area contributed by atoms with Crippen LogP contribution in [0.15, 0.2) is 41.5 Å². The molecule has 26 heavy (non-hydrogen) atoms. The molecule has 8 heteroatoms. The summed E-state index contributed by atoms with van der Waals surface area (Å²) < 4.78 is 11.5. The first kappa shape index (κ1) is 17.0. The average Bonchev–Trinajstić information content (AvgIpc) is 3.20. The Morgan fingerprint density at radius 3 is 3.12 bits per heavy atom. The van der Waals surface area contributed by atoms with Gasteiger partial charge in [-0.25, -0.2) is 4.98 Å². The van der Waals surface area contributed by atoms with Gasteiger partial charge in [-0.2, -0.15) is 0 Å². The van der Waals surface area contributed by atoms with Crippen molar-refractivity contribution in [2.75, 3.05) is 13.2 Å². The molecule has 1 saturated heterocycles. The van der Waals surface area contributed by atoms with Gasteiger partial charge in [-0.05, 0) is 18.6 Å². The number of rotatable bonds is 5. The third-order valence-electron chi connectivity index (χ3n) is 4.29. The van der Waals surface area contributed by atoms with Crippen molar-refractivity contribution in [3.63, 3.8) is 0 Å². The number of hydrogen-bond acceptors (Lipinski definition) is 7. The fourth-order valence-corrected chi connectivity index (χ4v) is 3.51. The Labute approximate surface area is 154 Å². The van der Waals surface area contributed by atoms with Crippen molar-refractivity contribution in [1.82, 2.24) is 20.3 Å². The molecule has 134 valence electrons. The number of para-hydroxylation sites is 1. The van der Waals surface area contributed by atoms with Gasteiger partial charge in [-0.1, -0.05) is 6.07 Å². The van der Waals surface area contributed by atoms with Crippen molar-refractivity contribution in [1.29, 1.82) is 0 Å². The van der Waals surface area contributed by atoms with E-state index in [0.29, 0.717) is 42.8 Å². The first-order valence-corrected chi connectivity index (χ1v) is 9.32. The van der Waals surface area contributed by atoms with E-state index in [1.165, 1.54) is 11.3 Å². The highest BCUT2D eigenvalue weighted by Crippen LogP contribution is 2.17. The average molecular weight is 370 g/mol. The molecule has 0 radical (unpaired) electrons. The Morgan fingerprint density at radius 2 is 2.23 bits per heavy atom. The number of amides is 1. The van der Waals surface area contributed by atoms with Crippen LogP contribution < -0.4 is 5.32 Å². The van der Waals surface area contributed by atoms with E-state index in [1.54, 1.807) is 24.0 Å². The molecule has 0 spiro atoms. The first-order chi connectivity index (χ1) is 12.8. The number of thiazole rings is 1. The van der Waals surface area contributed by atoms with E-state index < -0.39 is 0 Å². The van der Waals surface area contributed by atoms with Gasteiger partial charge in [0.2, 0.25) is 0 Å². The maximum absolute atomic E-state index is 12.8. The lowest BCUT2D eigenvalue weighted by molar-refractivity contribution is -0.0742. The van der Waals surface area contributed by atoms with Gasteiger partial charge in [0.15, 0.2) is 0 Å². The number of ether oxygens (including phenoxy) is 2. The summed E-state index contributed by atoms with van der Waals surface area (Å²) in [5.41, 5.74) is 4.47. The van der Waals surface area contributed by atoms with Crippen molar-refractivity contribution in [3.05, 3.63) is 52.7 Å². The second kappa shape index (κ2) is 7.86. The molecule has 1 amide bonds. The van der Waals surface area contributed by atoms with E-state index in [4.69, 9.17) is 9.47 Å². The number of hydrogen-bond donors (Lipinski definition) is 1. The van der Waals surface area contributed by atoms with Gasteiger partial charge >= 0.3 is 0 Å². The second-order valence-corrected chi connectivity index (χ2v) is 6.72. The van der Waals surface area contributed by atoms with Crippen LogP contribution in [0.4, 0.5) is 0 Å². The molecular formula is C18H18N4O3S. The molecule has 0 bridgehead atoms. The molecule has 0 aliphatic carbocycles. The Bertz CT molecular complexity index is 882. The van der Waals surface area contributed by atoms with Crippen molar-refractivity contribution in [3.8, 4) is 0 Å². The van der Waals surface area contributed by atoms with Gasteiger partial charge in [0.05, 0.1) is 41.5 Å². The summed E-state index contributed by atoms with van der Waals surface area (Å²) in [6.07, 6.45) is 3.69. The van der Waals surface area contributed by atoms with Crippen LogP contribution in [0.25, 0.3) is 11.0 Å². The van der Waals surface area contributed by atoms with E-state index in [0.717, 1.165) is 5.69 Å². The van der Waals surface area contributed by atoms with E-state index in [2.05, 4.69) is 20.3 Å². The second-order valence-electron chi connectivity index (χ2n) is 6.00. The summed E-state index contributed by atoms with van der Waals surface area (Å²) in [7, 11) is 0. The number of carbonyl (C=O) groups is 1. The minimum absolute atomic E-state index is 0.123. The normalized spacial score (nSPS) is 20.2. The summed E-state index contributed by atoms with van der Waals surface area (Å²) in [6.45, 7) is 1.45. The Morgan fingerprint density at radius 1 is 1.31 bits per heavy atom. The largest absolute Gasteiger partial charge is 0.379 e. The Balaban J connectivity index is 1.47. The van der Waals surface area contributed by atoms with Gasteiger partial charge in [0.1, 0.15) is 11.6 Å². The third kappa shape index (κ3) is 3.72. The zero-order valence-electron chi connectivity index (χ0n) is 14.0. The monoisotopic (exact) mass is 370 g/mol. The first-order valence-electron chi connectivity index (χ1n) is 8.38. The number of carbonyl (C=O) groups excluding carboxylic acids is 1. The minimum Gasteiger partial charge on any atom is -0.379 e. The van der Waals surface area contributed by atoms with Crippen molar-refractivity contribution in [2.45, 2.75) is 25.2 Å². The van der Waals surface area contributed by atoms with Crippen LogP contribution in [0.1, 0.15) is 22.5 Å². The lowest BCUT2D eigenvalue weighted by Crippen LogP contribution is -2.50. The number of nitrogens with one attached hydrogen (secondary N) is 1. The van der Waals surface area contributed by atoms with Crippen molar-refractivity contribution < 1.29 is 14.3 Å². The van der Waals surface area contributed by atoms with Gasteiger partial charge in [-0.3, -0.25) is 14.8 Å². The standard InChI is InChI=1S/C18H18N4O3S/c23-18(13-2-1-3-15-17(13)20-6-5-19-15)22-14-4-7-24-9-16(14)25-8-12-10-26-11-21-12/h1-3,5-6,10-11,14,16H,4,7-9H2,(H,22,23)/t14-,16-/m1/s1. The molecule has 1 fully saturated rings. The molecule has 1 aliphatic heterocycles. The van der Waals surface area contributed by atoms with Gasteiger partial charge in [0.25, 0.3) is 5.91 Å². The van der Waals surface area contributed by atoms with E-state index in [9.17, 15) is 4.79 Å². The number of benzene rings is 1. The maximum atomic E-state index is 12.8.